The van der Waals surface area contributed by atoms with Crippen LogP contribution in [0.25, 0.3) is 11.1 Å². The number of fused-ring (bicyclic) bond motifs is 1. The molecule has 2 atom stereocenters. The van der Waals surface area contributed by atoms with Crippen molar-refractivity contribution in [1.82, 2.24) is 15.5 Å². The van der Waals surface area contributed by atoms with Gasteiger partial charge in [-0.05, 0) is 47.7 Å². The van der Waals surface area contributed by atoms with E-state index in [-0.39, 0.29) is 18.0 Å². The molecule has 0 spiro atoms. The summed E-state index contributed by atoms with van der Waals surface area (Å²) in [6, 6.07) is 14.1. The van der Waals surface area contributed by atoms with Crippen LogP contribution in [0.5, 0.6) is 0 Å². The third kappa shape index (κ3) is 4.73. The minimum absolute atomic E-state index is 0.0347. The number of nitrogens with one attached hydrogen (secondary N) is 2. The van der Waals surface area contributed by atoms with Crippen LogP contribution in [-0.4, -0.2) is 54.2 Å². The van der Waals surface area contributed by atoms with Crippen molar-refractivity contribution in [1.29, 1.82) is 0 Å². The Bertz CT molecular complexity index is 954. The van der Waals surface area contributed by atoms with Gasteiger partial charge in [0.15, 0.2) is 0 Å². The molecule has 2 heterocycles. The fourth-order valence-electron chi connectivity index (χ4n) is 4.74. The molecule has 7 nitrogen and oxygen atoms in total. The number of carbonyl (C=O) groups excluding carboxylic acids is 1. The van der Waals surface area contributed by atoms with Crippen molar-refractivity contribution in [2.75, 3.05) is 31.1 Å². The highest BCUT2D eigenvalue weighted by molar-refractivity contribution is 5.94. The maximum absolute atomic E-state index is 12.2. The van der Waals surface area contributed by atoms with Crippen LogP contribution in [0, 0.1) is 0 Å². The largest absolute Gasteiger partial charge is 0.465 e. The van der Waals surface area contributed by atoms with Crippen LogP contribution >= 0.6 is 0 Å². The minimum Gasteiger partial charge on any atom is -0.465 e. The van der Waals surface area contributed by atoms with Crippen molar-refractivity contribution in [3.63, 3.8) is 0 Å². The number of carbonyl (C=O) groups is 2. The van der Waals surface area contributed by atoms with Crippen LogP contribution < -0.4 is 15.5 Å². The zero-order valence-electron chi connectivity index (χ0n) is 18.1. The van der Waals surface area contributed by atoms with Gasteiger partial charge < -0.3 is 20.6 Å². The summed E-state index contributed by atoms with van der Waals surface area (Å²) in [7, 11) is 0. The van der Waals surface area contributed by atoms with Crippen LogP contribution in [0.1, 0.15) is 37.4 Å². The Morgan fingerprint density at radius 3 is 2.42 bits per heavy atom. The second kappa shape index (κ2) is 9.08. The average molecular weight is 423 g/mol. The molecule has 3 N–H and O–H groups in total. The number of benzene rings is 2. The summed E-state index contributed by atoms with van der Waals surface area (Å²) in [5.41, 5.74) is 5.00. The van der Waals surface area contributed by atoms with Crippen LogP contribution in [0.4, 0.5) is 10.5 Å². The number of carboxylic acid groups (broad SMARTS) is 1. The van der Waals surface area contributed by atoms with Crippen LogP contribution in [0.15, 0.2) is 42.5 Å². The summed E-state index contributed by atoms with van der Waals surface area (Å²) in [4.78, 5) is 27.8. The first-order valence-electron chi connectivity index (χ1n) is 10.9. The molecule has 2 amide bonds. The van der Waals surface area contributed by atoms with E-state index in [1.54, 1.807) is 11.8 Å². The monoisotopic (exact) mass is 422 g/mol. The Balaban J connectivity index is 1.61. The number of nitrogens with zero attached hydrogens (tertiary/aromatic N) is 2. The number of anilines is 1. The molecule has 0 aliphatic carbocycles. The molecule has 1 saturated heterocycles. The molecule has 0 unspecified atom stereocenters. The van der Waals surface area contributed by atoms with E-state index in [4.69, 9.17) is 0 Å². The van der Waals surface area contributed by atoms with E-state index in [0.29, 0.717) is 6.42 Å². The van der Waals surface area contributed by atoms with E-state index in [1.165, 1.54) is 5.56 Å². The molecule has 2 aliphatic heterocycles. The Labute approximate surface area is 183 Å². The van der Waals surface area contributed by atoms with Crippen molar-refractivity contribution in [3.8, 4) is 11.1 Å². The van der Waals surface area contributed by atoms with E-state index in [1.807, 2.05) is 25.1 Å². The molecule has 0 radical (unpaired) electrons. The fraction of sp³-hybridized carbons (Fsp3) is 0.417. The summed E-state index contributed by atoms with van der Waals surface area (Å²) >= 11 is 0. The molecule has 0 aromatic heterocycles. The van der Waals surface area contributed by atoms with E-state index in [9.17, 15) is 14.7 Å². The van der Waals surface area contributed by atoms with Gasteiger partial charge in [0.1, 0.15) is 0 Å². The zero-order chi connectivity index (χ0) is 22.0. The third-order valence-electron chi connectivity index (χ3n) is 6.22. The van der Waals surface area contributed by atoms with Crippen molar-refractivity contribution < 1.29 is 14.7 Å². The summed E-state index contributed by atoms with van der Waals surface area (Å²) < 4.78 is 0. The SMILES string of the molecule is CC(=O)N1c2ccc(-c3ccc(CN4CCNCC4)cc3)cc2[C@H](NC(=O)O)C[C@@H]1C. The van der Waals surface area contributed by atoms with E-state index in [0.717, 1.165) is 55.1 Å². The maximum Gasteiger partial charge on any atom is 0.405 e. The van der Waals surface area contributed by atoms with Gasteiger partial charge in [-0.3, -0.25) is 9.69 Å². The lowest BCUT2D eigenvalue weighted by molar-refractivity contribution is -0.117. The lowest BCUT2D eigenvalue weighted by Crippen LogP contribution is -2.45. The van der Waals surface area contributed by atoms with Gasteiger partial charge in [0.05, 0.1) is 6.04 Å². The molecule has 2 aliphatic rings. The molecule has 4 rings (SSSR count). The number of hydrogen-bond donors (Lipinski definition) is 3. The highest BCUT2D eigenvalue weighted by Crippen LogP contribution is 2.39. The van der Waals surface area contributed by atoms with E-state index >= 15 is 0 Å². The molecule has 0 saturated carbocycles. The van der Waals surface area contributed by atoms with Gasteiger partial charge in [-0.25, -0.2) is 4.79 Å². The van der Waals surface area contributed by atoms with Crippen LogP contribution in [0.3, 0.4) is 0 Å². The van der Waals surface area contributed by atoms with Crippen LogP contribution in [-0.2, 0) is 11.3 Å². The first kappa shape index (κ1) is 21.3. The van der Waals surface area contributed by atoms with Gasteiger partial charge in [-0.15, -0.1) is 0 Å². The second-order valence-electron chi connectivity index (χ2n) is 8.47. The summed E-state index contributed by atoms with van der Waals surface area (Å²) in [5, 5.41) is 15.3. The zero-order valence-corrected chi connectivity index (χ0v) is 18.1. The number of rotatable bonds is 4. The first-order valence-corrected chi connectivity index (χ1v) is 10.9. The molecule has 1 fully saturated rings. The number of hydrogen-bond acceptors (Lipinski definition) is 4. The molecular formula is C24H30N4O3. The van der Waals surface area contributed by atoms with Gasteiger partial charge >= 0.3 is 6.09 Å². The minimum atomic E-state index is -1.05. The fourth-order valence-corrected chi connectivity index (χ4v) is 4.74. The first-order chi connectivity index (χ1) is 14.9. The maximum atomic E-state index is 12.2. The van der Waals surface area contributed by atoms with Gasteiger partial charge in [0, 0.05) is 51.4 Å². The van der Waals surface area contributed by atoms with E-state index < -0.39 is 6.09 Å². The number of amides is 2. The Hall–Kier alpha value is -2.90. The Morgan fingerprint density at radius 1 is 1.10 bits per heavy atom. The predicted octanol–water partition coefficient (Wildman–Crippen LogP) is 3.21. The van der Waals surface area contributed by atoms with Crippen molar-refractivity contribution in [3.05, 3.63) is 53.6 Å². The predicted molar refractivity (Wildman–Crippen MR) is 121 cm³/mol. The highest BCUT2D eigenvalue weighted by Gasteiger charge is 2.33. The van der Waals surface area contributed by atoms with Gasteiger partial charge in [0.2, 0.25) is 5.91 Å². The smallest absolute Gasteiger partial charge is 0.405 e. The molecule has 2 aromatic carbocycles. The third-order valence-corrected chi connectivity index (χ3v) is 6.22. The summed E-state index contributed by atoms with van der Waals surface area (Å²) in [6.45, 7) is 8.65. The quantitative estimate of drug-likeness (QED) is 0.705. The molecule has 7 heteroatoms. The summed E-state index contributed by atoms with van der Waals surface area (Å²) in [5.74, 6) is -0.0347. The lowest BCUT2D eigenvalue weighted by atomic mass is 9.89. The highest BCUT2D eigenvalue weighted by atomic mass is 16.4. The second-order valence-corrected chi connectivity index (χ2v) is 8.47. The topological polar surface area (TPSA) is 84.9 Å². The van der Waals surface area contributed by atoms with Gasteiger partial charge in [-0.2, -0.15) is 0 Å². The average Bonchev–Trinajstić information content (AvgIpc) is 2.74. The molecule has 31 heavy (non-hydrogen) atoms. The van der Waals surface area contributed by atoms with Gasteiger partial charge in [-0.1, -0.05) is 30.3 Å². The molecule has 2 aromatic rings. The van der Waals surface area contributed by atoms with Crippen LogP contribution in [0.2, 0.25) is 0 Å². The Morgan fingerprint density at radius 2 is 1.77 bits per heavy atom. The van der Waals surface area contributed by atoms with Gasteiger partial charge in [0.25, 0.3) is 0 Å². The van der Waals surface area contributed by atoms with Crippen molar-refractivity contribution in [2.45, 2.75) is 38.9 Å². The Kier molecular flexibility index (Phi) is 6.25. The summed E-state index contributed by atoms with van der Waals surface area (Å²) in [6.07, 6.45) is -0.506. The van der Waals surface area contributed by atoms with Crippen molar-refractivity contribution >= 4 is 17.7 Å². The molecule has 164 valence electrons. The lowest BCUT2D eigenvalue weighted by Gasteiger charge is -2.39. The standard InChI is InChI=1S/C24H30N4O3/c1-16-13-22(26-24(30)31)21-14-20(7-8-23(21)28(16)17(2)29)19-5-3-18(4-6-19)15-27-11-9-25-10-12-27/h3-8,14,16,22,25-26H,9-13,15H2,1-2H3,(H,30,31)/t16-,22+/m0/s1. The normalized spacial score (nSPS) is 21.4. The van der Waals surface area contributed by atoms with E-state index in [2.05, 4.69) is 39.8 Å². The van der Waals surface area contributed by atoms with Crippen molar-refractivity contribution in [2.24, 2.45) is 0 Å². The molecular weight excluding hydrogens is 392 g/mol. The molecule has 0 bridgehead atoms. The number of piperazine rings is 1.